The van der Waals surface area contributed by atoms with E-state index in [4.69, 9.17) is 11.6 Å². The summed E-state index contributed by atoms with van der Waals surface area (Å²) < 4.78 is 0. The summed E-state index contributed by atoms with van der Waals surface area (Å²) >= 11 is 6.00. The molecule has 2 aliphatic heterocycles. The van der Waals surface area contributed by atoms with Gasteiger partial charge < -0.3 is 19.8 Å². The molecule has 0 spiro atoms. The highest BCUT2D eigenvalue weighted by molar-refractivity contribution is 6.30. The van der Waals surface area contributed by atoms with Crippen molar-refractivity contribution in [2.75, 3.05) is 54.0 Å². The summed E-state index contributed by atoms with van der Waals surface area (Å²) in [5.41, 5.74) is 3.00. The Labute approximate surface area is 208 Å². The molecule has 0 aliphatic carbocycles. The summed E-state index contributed by atoms with van der Waals surface area (Å²) in [6.45, 7) is 3.47. The summed E-state index contributed by atoms with van der Waals surface area (Å²) in [6.07, 6.45) is 4.24. The first kappa shape index (κ1) is 22.9. The maximum Gasteiger partial charge on any atom is 0.353 e. The Bertz CT molecular complexity index is 1260. The highest BCUT2D eigenvalue weighted by atomic mass is 35.5. The maximum absolute atomic E-state index is 12.2. The first-order chi connectivity index (χ1) is 17.0. The largest absolute Gasteiger partial charge is 0.506 e. The second-order valence-electron chi connectivity index (χ2n) is 8.52. The van der Waals surface area contributed by atoms with Crippen molar-refractivity contribution in [3.8, 4) is 5.75 Å². The van der Waals surface area contributed by atoms with Gasteiger partial charge >= 0.3 is 5.69 Å². The van der Waals surface area contributed by atoms with Crippen molar-refractivity contribution in [3.05, 3.63) is 81.6 Å². The van der Waals surface area contributed by atoms with Crippen molar-refractivity contribution in [3.63, 3.8) is 0 Å². The van der Waals surface area contributed by atoms with Crippen LogP contribution < -0.4 is 14.7 Å². The van der Waals surface area contributed by atoms with E-state index < -0.39 is 0 Å². The molecular weight excluding hydrogens is 468 g/mol. The number of anilines is 3. The minimum atomic E-state index is -0.376. The summed E-state index contributed by atoms with van der Waals surface area (Å²) in [6, 6.07) is 14.9. The molecule has 1 N–H and O–H groups in total. The van der Waals surface area contributed by atoms with Gasteiger partial charge in [0, 0.05) is 44.3 Å². The number of piperazine rings is 1. The lowest BCUT2D eigenvalue weighted by Crippen LogP contribution is -2.47. The SMILES string of the molecule is O=[N+]([O-])c1c(N2CC=C(c3ccc(Cl)cc3)CC2)ncnc1N1CCN(c2ccccc2O)CC1. The Morgan fingerprint density at radius 1 is 0.886 bits per heavy atom. The Balaban J connectivity index is 1.35. The topological polar surface area (TPSA) is 98.9 Å². The van der Waals surface area contributed by atoms with Gasteiger partial charge in [0.15, 0.2) is 0 Å². The normalized spacial score (nSPS) is 16.3. The van der Waals surface area contributed by atoms with Gasteiger partial charge in [-0.15, -0.1) is 0 Å². The fourth-order valence-electron chi connectivity index (χ4n) is 4.67. The van der Waals surface area contributed by atoms with Gasteiger partial charge in [0.2, 0.25) is 11.6 Å². The number of nitrogens with zero attached hydrogens (tertiary/aromatic N) is 6. The fourth-order valence-corrected chi connectivity index (χ4v) is 4.79. The third-order valence-electron chi connectivity index (χ3n) is 6.49. The highest BCUT2D eigenvalue weighted by Crippen LogP contribution is 2.37. The predicted octanol–water partition coefficient (Wildman–Crippen LogP) is 4.36. The lowest BCUT2D eigenvalue weighted by molar-refractivity contribution is -0.383. The standard InChI is InChI=1S/C25H25ClN6O3/c26-20-7-5-18(6-8-20)19-9-11-30(12-10-19)24-23(32(34)35)25(28-17-27-24)31-15-13-29(14-16-31)21-3-1-2-4-22(21)33/h1-9,17,33H,10-16H2. The van der Waals surface area contributed by atoms with Crippen LogP contribution in [0.3, 0.4) is 0 Å². The number of aromatic nitrogens is 2. The van der Waals surface area contributed by atoms with E-state index in [0.29, 0.717) is 55.9 Å². The Morgan fingerprint density at radius 2 is 1.54 bits per heavy atom. The molecule has 180 valence electrons. The van der Waals surface area contributed by atoms with Crippen LogP contribution in [0.1, 0.15) is 12.0 Å². The zero-order valence-electron chi connectivity index (χ0n) is 19.0. The molecule has 0 saturated carbocycles. The second-order valence-corrected chi connectivity index (χ2v) is 8.96. The van der Waals surface area contributed by atoms with Crippen LogP contribution in [-0.4, -0.2) is 59.3 Å². The van der Waals surface area contributed by atoms with Gasteiger partial charge in [0.25, 0.3) is 0 Å². The molecule has 0 amide bonds. The van der Waals surface area contributed by atoms with Crippen LogP contribution >= 0.6 is 11.6 Å². The Hall–Kier alpha value is -3.85. The van der Waals surface area contributed by atoms with Crippen LogP contribution in [0.25, 0.3) is 5.57 Å². The van der Waals surface area contributed by atoms with Gasteiger partial charge in [0.1, 0.15) is 12.1 Å². The van der Waals surface area contributed by atoms with Crippen LogP contribution in [0.5, 0.6) is 5.75 Å². The number of hydrogen-bond acceptors (Lipinski definition) is 8. The highest BCUT2D eigenvalue weighted by Gasteiger charge is 2.32. The van der Waals surface area contributed by atoms with Gasteiger partial charge in [-0.1, -0.05) is 41.9 Å². The van der Waals surface area contributed by atoms with Crippen molar-refractivity contribution in [2.45, 2.75) is 6.42 Å². The zero-order valence-corrected chi connectivity index (χ0v) is 19.8. The first-order valence-corrected chi connectivity index (χ1v) is 11.9. The summed E-state index contributed by atoms with van der Waals surface area (Å²) in [4.78, 5) is 26.4. The number of benzene rings is 2. The average molecular weight is 493 g/mol. The molecule has 35 heavy (non-hydrogen) atoms. The number of aromatic hydroxyl groups is 1. The van der Waals surface area contributed by atoms with E-state index in [1.807, 2.05) is 46.2 Å². The number of rotatable bonds is 5. The third-order valence-corrected chi connectivity index (χ3v) is 6.74. The van der Waals surface area contributed by atoms with Gasteiger partial charge in [-0.2, -0.15) is 0 Å². The number of nitro groups is 1. The molecule has 10 heteroatoms. The number of phenols is 1. The quantitative estimate of drug-likeness (QED) is 0.414. The summed E-state index contributed by atoms with van der Waals surface area (Å²) in [5, 5.41) is 23.0. The van der Waals surface area contributed by atoms with Crippen LogP contribution in [0.4, 0.5) is 23.0 Å². The molecule has 0 radical (unpaired) electrons. The number of halogens is 1. The van der Waals surface area contributed by atoms with Crippen molar-refractivity contribution >= 4 is 40.2 Å². The van der Waals surface area contributed by atoms with E-state index in [1.165, 1.54) is 11.9 Å². The van der Waals surface area contributed by atoms with Gasteiger partial charge in [0.05, 0.1) is 10.6 Å². The molecule has 0 unspecified atom stereocenters. The summed E-state index contributed by atoms with van der Waals surface area (Å²) in [7, 11) is 0. The van der Waals surface area contributed by atoms with Crippen LogP contribution in [0.15, 0.2) is 60.9 Å². The van der Waals surface area contributed by atoms with E-state index in [0.717, 1.165) is 17.7 Å². The fraction of sp³-hybridized carbons (Fsp3) is 0.280. The molecule has 0 bridgehead atoms. The van der Waals surface area contributed by atoms with E-state index in [1.54, 1.807) is 12.1 Å². The van der Waals surface area contributed by atoms with Crippen molar-refractivity contribution < 1.29 is 10.0 Å². The molecule has 1 fully saturated rings. The number of para-hydroxylation sites is 2. The smallest absolute Gasteiger partial charge is 0.353 e. The minimum absolute atomic E-state index is 0.0631. The van der Waals surface area contributed by atoms with Crippen LogP contribution in [0, 0.1) is 10.1 Å². The van der Waals surface area contributed by atoms with E-state index in [2.05, 4.69) is 20.9 Å². The Kier molecular flexibility index (Phi) is 6.41. The van der Waals surface area contributed by atoms with Crippen molar-refractivity contribution in [1.29, 1.82) is 0 Å². The van der Waals surface area contributed by atoms with Crippen LogP contribution in [-0.2, 0) is 0 Å². The molecule has 1 aromatic heterocycles. The predicted molar refractivity (Wildman–Crippen MR) is 137 cm³/mol. The molecule has 3 heterocycles. The van der Waals surface area contributed by atoms with Crippen molar-refractivity contribution in [1.82, 2.24) is 9.97 Å². The first-order valence-electron chi connectivity index (χ1n) is 11.5. The Morgan fingerprint density at radius 3 is 2.17 bits per heavy atom. The van der Waals surface area contributed by atoms with Gasteiger partial charge in [-0.25, -0.2) is 9.97 Å². The zero-order chi connectivity index (χ0) is 24.4. The number of hydrogen-bond donors (Lipinski definition) is 1. The van der Waals surface area contributed by atoms with Gasteiger partial charge in [-0.3, -0.25) is 10.1 Å². The minimum Gasteiger partial charge on any atom is -0.506 e. The molecular formula is C25H25ClN6O3. The monoisotopic (exact) mass is 492 g/mol. The maximum atomic E-state index is 12.2. The van der Waals surface area contributed by atoms with E-state index in [9.17, 15) is 15.2 Å². The molecule has 1 saturated heterocycles. The molecule has 2 aliphatic rings. The lowest BCUT2D eigenvalue weighted by atomic mass is 9.99. The van der Waals surface area contributed by atoms with E-state index in [-0.39, 0.29) is 16.4 Å². The van der Waals surface area contributed by atoms with Gasteiger partial charge in [-0.05, 0) is 41.8 Å². The van der Waals surface area contributed by atoms with E-state index >= 15 is 0 Å². The lowest BCUT2D eigenvalue weighted by Gasteiger charge is -2.37. The molecule has 0 atom stereocenters. The third kappa shape index (κ3) is 4.72. The molecule has 5 rings (SSSR count). The second kappa shape index (κ2) is 9.79. The number of phenolic OH excluding ortho intramolecular Hbond substituents is 1. The molecule has 3 aromatic rings. The van der Waals surface area contributed by atoms with Crippen LogP contribution in [0.2, 0.25) is 5.02 Å². The summed E-state index contributed by atoms with van der Waals surface area (Å²) in [5.74, 6) is 0.909. The molecule has 2 aromatic carbocycles. The molecule has 9 nitrogen and oxygen atoms in total. The van der Waals surface area contributed by atoms with Crippen molar-refractivity contribution in [2.24, 2.45) is 0 Å². The average Bonchev–Trinajstić information content (AvgIpc) is 2.89.